The van der Waals surface area contributed by atoms with Gasteiger partial charge in [0.1, 0.15) is 0 Å². The lowest BCUT2D eigenvalue weighted by Gasteiger charge is -2.21. The quantitative estimate of drug-likeness (QED) is 0.670. The van der Waals surface area contributed by atoms with Crippen LogP contribution in [0.3, 0.4) is 0 Å². The van der Waals surface area contributed by atoms with E-state index in [1.807, 2.05) is 0 Å². The monoisotopic (exact) mass is 309 g/mol. The van der Waals surface area contributed by atoms with Crippen molar-refractivity contribution >= 4 is 23.5 Å². The zero-order valence-electron chi connectivity index (χ0n) is 12.3. The van der Waals surface area contributed by atoms with Gasteiger partial charge < -0.3 is 5.11 Å². The third-order valence-corrected chi connectivity index (χ3v) is 6.23. The molecular weight excluding hydrogens is 294 g/mol. The number of allylic oxidation sites excluding steroid dienone is 2. The molecule has 1 heterocycles. The zero-order chi connectivity index (χ0) is 15.9. The van der Waals surface area contributed by atoms with Crippen LogP contribution in [0.4, 0.5) is 5.69 Å². The number of nitrogens with zero attached hydrogens (tertiary/aromatic N) is 1. The van der Waals surface area contributed by atoms with Crippen molar-refractivity contribution in [2.24, 2.45) is 29.1 Å². The van der Waals surface area contributed by atoms with E-state index in [9.17, 15) is 14.4 Å². The van der Waals surface area contributed by atoms with Crippen LogP contribution in [0.15, 0.2) is 36.4 Å². The van der Waals surface area contributed by atoms with Gasteiger partial charge in [0.2, 0.25) is 11.8 Å². The molecule has 5 nitrogen and oxygen atoms in total. The van der Waals surface area contributed by atoms with E-state index in [1.165, 1.54) is 17.0 Å². The molecule has 2 amide bonds. The Morgan fingerprint density at radius 3 is 1.96 bits per heavy atom. The van der Waals surface area contributed by atoms with Crippen molar-refractivity contribution in [1.82, 2.24) is 0 Å². The molecule has 1 aromatic carbocycles. The first-order chi connectivity index (χ1) is 11.0. The Labute approximate surface area is 132 Å². The summed E-state index contributed by atoms with van der Waals surface area (Å²) in [5.41, 5.74) is 0.815. The molecule has 2 bridgehead atoms. The minimum absolute atomic E-state index is 0.119. The summed E-state index contributed by atoms with van der Waals surface area (Å²) in [7, 11) is 0. The summed E-state index contributed by atoms with van der Waals surface area (Å²) in [6.07, 6.45) is 6.52. The van der Waals surface area contributed by atoms with Crippen molar-refractivity contribution in [1.29, 1.82) is 0 Å². The highest BCUT2D eigenvalue weighted by molar-refractivity contribution is 6.23. The van der Waals surface area contributed by atoms with Crippen molar-refractivity contribution in [3.05, 3.63) is 42.0 Å². The van der Waals surface area contributed by atoms with Gasteiger partial charge in [-0.2, -0.15) is 0 Å². The van der Waals surface area contributed by atoms with E-state index in [4.69, 9.17) is 5.11 Å². The first-order valence-corrected chi connectivity index (χ1v) is 7.94. The van der Waals surface area contributed by atoms with Crippen LogP contribution in [0.5, 0.6) is 0 Å². The number of carbonyl (C=O) groups is 3. The van der Waals surface area contributed by atoms with Crippen molar-refractivity contribution in [3.63, 3.8) is 0 Å². The van der Waals surface area contributed by atoms with Gasteiger partial charge in [-0.25, -0.2) is 4.79 Å². The summed E-state index contributed by atoms with van der Waals surface area (Å²) in [5.74, 6) is -1.30. The van der Waals surface area contributed by atoms with Crippen molar-refractivity contribution in [3.8, 4) is 0 Å². The lowest BCUT2D eigenvalue weighted by molar-refractivity contribution is -0.123. The molecule has 1 aromatic rings. The van der Waals surface area contributed by atoms with Crippen LogP contribution in [-0.4, -0.2) is 22.9 Å². The second kappa shape index (κ2) is 3.91. The molecule has 23 heavy (non-hydrogen) atoms. The zero-order valence-corrected chi connectivity index (χ0v) is 12.3. The summed E-state index contributed by atoms with van der Waals surface area (Å²) >= 11 is 0. The van der Waals surface area contributed by atoms with Gasteiger partial charge in [-0.05, 0) is 54.4 Å². The van der Waals surface area contributed by atoms with Crippen LogP contribution in [0.2, 0.25) is 0 Å². The molecule has 1 spiro atoms. The minimum Gasteiger partial charge on any atom is -0.478 e. The molecule has 0 aromatic heterocycles. The van der Waals surface area contributed by atoms with E-state index in [-0.39, 0.29) is 46.5 Å². The molecule has 2 saturated carbocycles. The van der Waals surface area contributed by atoms with E-state index in [1.54, 1.807) is 12.1 Å². The second-order valence-electron chi connectivity index (χ2n) is 7.09. The lowest BCUT2D eigenvalue weighted by atomic mass is 9.85. The van der Waals surface area contributed by atoms with E-state index in [0.717, 1.165) is 12.8 Å². The highest BCUT2D eigenvalue weighted by Gasteiger charge is 2.73. The Balaban J connectivity index is 1.52. The Hall–Kier alpha value is -2.43. The van der Waals surface area contributed by atoms with E-state index in [2.05, 4.69) is 12.2 Å². The molecule has 5 rings (SSSR count). The molecule has 4 atom stereocenters. The number of rotatable bonds is 2. The number of carboxylic acid groups (broad SMARTS) is 1. The largest absolute Gasteiger partial charge is 0.478 e. The Kier molecular flexibility index (Phi) is 2.22. The summed E-state index contributed by atoms with van der Waals surface area (Å²) < 4.78 is 0. The number of carboxylic acids is 1. The predicted molar refractivity (Wildman–Crippen MR) is 80.7 cm³/mol. The minimum atomic E-state index is -1.02. The first kappa shape index (κ1) is 13.0. The van der Waals surface area contributed by atoms with Gasteiger partial charge in [-0.3, -0.25) is 14.5 Å². The Morgan fingerprint density at radius 2 is 1.52 bits per heavy atom. The van der Waals surface area contributed by atoms with Crippen LogP contribution >= 0.6 is 0 Å². The predicted octanol–water partition coefficient (Wildman–Crippen LogP) is 2.09. The summed E-state index contributed by atoms with van der Waals surface area (Å²) in [4.78, 5) is 38.0. The molecule has 116 valence electrons. The fraction of sp³-hybridized carbons (Fsp3) is 0.389. The SMILES string of the molecule is O=C(O)c1ccc(N2C(=O)C3C(C2=O)C2C=CC3C23CC3)cc1. The number of fused-ring (bicyclic) bond motifs is 3. The molecule has 1 N–H and O–H groups in total. The van der Waals surface area contributed by atoms with Crippen molar-refractivity contribution in [2.75, 3.05) is 4.90 Å². The van der Waals surface area contributed by atoms with Gasteiger partial charge in [0.05, 0.1) is 23.1 Å². The van der Waals surface area contributed by atoms with Crippen LogP contribution < -0.4 is 4.90 Å². The third kappa shape index (κ3) is 1.41. The number of benzene rings is 1. The number of hydrogen-bond acceptors (Lipinski definition) is 3. The van der Waals surface area contributed by atoms with E-state index < -0.39 is 5.97 Å². The number of aromatic carboxylic acids is 1. The molecular formula is C18H15NO4. The fourth-order valence-corrected chi connectivity index (χ4v) is 5.09. The van der Waals surface area contributed by atoms with Gasteiger partial charge >= 0.3 is 5.97 Å². The molecule has 1 aliphatic heterocycles. The highest BCUT2D eigenvalue weighted by Crippen LogP contribution is 2.73. The molecule has 0 radical (unpaired) electrons. The van der Waals surface area contributed by atoms with Crippen LogP contribution in [0.25, 0.3) is 0 Å². The molecule has 4 unspecified atom stereocenters. The first-order valence-electron chi connectivity index (χ1n) is 7.94. The molecule has 5 heteroatoms. The Morgan fingerprint density at radius 1 is 1.00 bits per heavy atom. The van der Waals surface area contributed by atoms with E-state index in [0.29, 0.717) is 5.69 Å². The van der Waals surface area contributed by atoms with E-state index >= 15 is 0 Å². The average molecular weight is 309 g/mol. The van der Waals surface area contributed by atoms with Gasteiger partial charge in [-0.1, -0.05) is 12.2 Å². The molecule has 3 aliphatic carbocycles. The lowest BCUT2D eigenvalue weighted by Crippen LogP contribution is -2.34. The second-order valence-corrected chi connectivity index (χ2v) is 7.09. The van der Waals surface area contributed by atoms with Crippen molar-refractivity contribution < 1.29 is 19.5 Å². The maximum Gasteiger partial charge on any atom is 0.335 e. The van der Waals surface area contributed by atoms with Gasteiger partial charge in [0, 0.05) is 0 Å². The number of hydrogen-bond donors (Lipinski definition) is 1. The van der Waals surface area contributed by atoms with Crippen LogP contribution in [0, 0.1) is 29.1 Å². The van der Waals surface area contributed by atoms with Crippen molar-refractivity contribution in [2.45, 2.75) is 12.8 Å². The Bertz CT molecular complexity index is 756. The number of carbonyl (C=O) groups excluding carboxylic acids is 2. The maximum absolute atomic E-state index is 12.9. The molecule has 4 aliphatic rings. The summed E-state index contributed by atoms with van der Waals surface area (Å²) in [5, 5.41) is 8.96. The van der Waals surface area contributed by atoms with Crippen LogP contribution in [0.1, 0.15) is 23.2 Å². The smallest absolute Gasteiger partial charge is 0.335 e. The third-order valence-electron chi connectivity index (χ3n) is 6.23. The fourth-order valence-electron chi connectivity index (χ4n) is 5.09. The molecule has 1 saturated heterocycles. The average Bonchev–Trinajstić information content (AvgIpc) is 3.13. The van der Waals surface area contributed by atoms with Gasteiger partial charge in [0.15, 0.2) is 0 Å². The summed E-state index contributed by atoms with van der Waals surface area (Å²) in [6, 6.07) is 5.95. The topological polar surface area (TPSA) is 74.7 Å². The number of amides is 2. The maximum atomic E-state index is 12.9. The normalized spacial score (nSPS) is 35.2. The van der Waals surface area contributed by atoms with Gasteiger partial charge in [-0.15, -0.1) is 0 Å². The summed E-state index contributed by atoms with van der Waals surface area (Å²) in [6.45, 7) is 0. The number of anilines is 1. The van der Waals surface area contributed by atoms with Crippen LogP contribution in [-0.2, 0) is 9.59 Å². The molecule has 3 fully saturated rings. The van der Waals surface area contributed by atoms with Gasteiger partial charge in [0.25, 0.3) is 0 Å². The standard InChI is InChI=1S/C18H15NO4/c20-15-13-11-5-6-12(18(11)7-8-18)14(13)16(21)19(15)10-3-1-9(2-4-10)17(22)23/h1-6,11-14H,7-8H2,(H,22,23). The number of imide groups is 1. The highest BCUT2D eigenvalue weighted by atomic mass is 16.4.